The molecule has 3 rings (SSSR count). The van der Waals surface area contributed by atoms with Crippen LogP contribution in [-0.2, 0) is 0 Å². The van der Waals surface area contributed by atoms with E-state index in [0.29, 0.717) is 30.0 Å². The minimum absolute atomic E-state index is 0.0323. The first kappa shape index (κ1) is 17.9. The van der Waals surface area contributed by atoms with Gasteiger partial charge in [-0.1, -0.05) is 0 Å². The molecule has 0 radical (unpaired) electrons. The number of amides is 1. The van der Waals surface area contributed by atoms with Crippen LogP contribution in [0.5, 0.6) is 0 Å². The quantitative estimate of drug-likeness (QED) is 0.666. The Labute approximate surface area is 151 Å². The highest BCUT2D eigenvalue weighted by atomic mass is 16.4. The molecule has 8 heteroatoms. The first-order chi connectivity index (χ1) is 12.4. The molecule has 1 amide bonds. The van der Waals surface area contributed by atoms with Gasteiger partial charge in [0.1, 0.15) is 0 Å². The summed E-state index contributed by atoms with van der Waals surface area (Å²) in [4.78, 5) is 31.5. The van der Waals surface area contributed by atoms with Gasteiger partial charge in [-0.15, -0.1) is 0 Å². The van der Waals surface area contributed by atoms with E-state index in [0.717, 1.165) is 18.5 Å². The molecule has 26 heavy (non-hydrogen) atoms. The number of aryl methyl sites for hydroxylation is 1. The van der Waals surface area contributed by atoms with Crippen molar-refractivity contribution in [3.05, 3.63) is 41.5 Å². The minimum Gasteiger partial charge on any atom is -0.465 e. The van der Waals surface area contributed by atoms with Crippen LogP contribution in [-0.4, -0.2) is 68.6 Å². The van der Waals surface area contributed by atoms with Gasteiger partial charge < -0.3 is 14.9 Å². The molecule has 0 spiro atoms. The number of allylic oxidation sites excluding steroid dienone is 1. The fraction of sp³-hybridized carbons (Fsp3) is 0.444. The molecule has 138 valence electrons. The smallest absolute Gasteiger partial charge is 0.407 e. The minimum atomic E-state index is -0.902. The number of carbonyl (C=O) groups excluding carboxylic acids is 1. The lowest BCUT2D eigenvalue weighted by atomic mass is 9.94. The van der Waals surface area contributed by atoms with E-state index in [-0.39, 0.29) is 11.7 Å². The molecule has 2 aromatic heterocycles. The molecule has 0 aromatic carbocycles. The number of carboxylic acid groups (broad SMARTS) is 1. The van der Waals surface area contributed by atoms with Crippen LogP contribution < -0.4 is 0 Å². The normalized spacial score (nSPS) is 17.8. The van der Waals surface area contributed by atoms with Gasteiger partial charge in [0.25, 0.3) is 0 Å². The summed E-state index contributed by atoms with van der Waals surface area (Å²) in [6, 6.07) is 1.86. The van der Waals surface area contributed by atoms with Crippen molar-refractivity contribution in [3.8, 4) is 0 Å². The largest absolute Gasteiger partial charge is 0.465 e. The third kappa shape index (κ3) is 3.40. The first-order valence-corrected chi connectivity index (χ1v) is 8.59. The van der Waals surface area contributed by atoms with Gasteiger partial charge in [0.05, 0.1) is 17.0 Å². The number of aromatic nitrogens is 3. The van der Waals surface area contributed by atoms with E-state index in [1.54, 1.807) is 28.7 Å². The predicted octanol–water partition coefficient (Wildman–Crippen LogP) is 2.15. The summed E-state index contributed by atoms with van der Waals surface area (Å²) in [7, 11) is 3.70. The molecular formula is C18H23N5O3. The number of rotatable bonds is 4. The molecule has 2 aromatic rings. The van der Waals surface area contributed by atoms with Gasteiger partial charge in [-0.25, -0.2) is 14.3 Å². The first-order valence-electron chi connectivity index (χ1n) is 8.59. The van der Waals surface area contributed by atoms with Crippen LogP contribution >= 0.6 is 0 Å². The maximum absolute atomic E-state index is 12.6. The average molecular weight is 357 g/mol. The highest BCUT2D eigenvalue weighted by Gasteiger charge is 2.27. The summed E-state index contributed by atoms with van der Waals surface area (Å²) < 4.78 is 1.70. The third-order valence-electron chi connectivity index (χ3n) is 4.60. The van der Waals surface area contributed by atoms with Gasteiger partial charge in [-0.2, -0.15) is 5.10 Å². The molecular weight excluding hydrogens is 334 g/mol. The number of ketones is 1. The average Bonchev–Trinajstić information content (AvgIpc) is 2.95. The van der Waals surface area contributed by atoms with Crippen molar-refractivity contribution in [3.63, 3.8) is 0 Å². The summed E-state index contributed by atoms with van der Waals surface area (Å²) in [6.07, 6.45) is 5.65. The predicted molar refractivity (Wildman–Crippen MR) is 96.5 cm³/mol. The standard InChI is InChI=1S/C18H23N5O3/c1-12-16(15(24)7-10-21(2)3)17-19-8-6-14(23(17)20-12)13-5-4-9-22(11-13)18(25)26/h6-8,10,13H,4-5,9,11H2,1-3H3,(H,25,26). The fourth-order valence-electron chi connectivity index (χ4n) is 3.36. The van der Waals surface area contributed by atoms with Crippen molar-refractivity contribution in [1.82, 2.24) is 24.4 Å². The summed E-state index contributed by atoms with van der Waals surface area (Å²) in [5.74, 6) is -0.114. The highest BCUT2D eigenvalue weighted by molar-refractivity contribution is 6.09. The molecule has 3 heterocycles. The van der Waals surface area contributed by atoms with Crippen LogP contribution in [0.2, 0.25) is 0 Å². The van der Waals surface area contributed by atoms with Gasteiger partial charge in [-0.3, -0.25) is 4.79 Å². The Kier molecular flexibility index (Phi) is 4.92. The second kappa shape index (κ2) is 7.15. The van der Waals surface area contributed by atoms with Gasteiger partial charge in [0.2, 0.25) is 0 Å². The van der Waals surface area contributed by atoms with Gasteiger partial charge in [-0.05, 0) is 25.8 Å². The number of hydrogen-bond donors (Lipinski definition) is 1. The molecule has 8 nitrogen and oxygen atoms in total. The van der Waals surface area contributed by atoms with Crippen molar-refractivity contribution < 1.29 is 14.7 Å². The molecule has 1 unspecified atom stereocenters. The Morgan fingerprint density at radius 3 is 2.85 bits per heavy atom. The Bertz CT molecular complexity index is 871. The lowest BCUT2D eigenvalue weighted by Gasteiger charge is -2.30. The summed E-state index contributed by atoms with van der Waals surface area (Å²) in [6.45, 7) is 2.77. The van der Waals surface area contributed by atoms with Crippen molar-refractivity contribution in [2.45, 2.75) is 25.7 Å². The maximum Gasteiger partial charge on any atom is 0.407 e. The van der Waals surface area contributed by atoms with E-state index in [9.17, 15) is 14.7 Å². The van der Waals surface area contributed by atoms with Crippen LogP contribution in [0.15, 0.2) is 24.5 Å². The van der Waals surface area contributed by atoms with Gasteiger partial charge in [0, 0.05) is 51.6 Å². The monoisotopic (exact) mass is 357 g/mol. The molecule has 1 N–H and O–H groups in total. The lowest BCUT2D eigenvalue weighted by molar-refractivity contribution is 0.104. The number of likely N-dealkylation sites (tertiary alicyclic amines) is 1. The van der Waals surface area contributed by atoms with Crippen molar-refractivity contribution in [2.75, 3.05) is 27.2 Å². The van der Waals surface area contributed by atoms with E-state index >= 15 is 0 Å². The molecule has 0 bridgehead atoms. The van der Waals surface area contributed by atoms with Crippen molar-refractivity contribution >= 4 is 17.5 Å². The van der Waals surface area contributed by atoms with E-state index in [4.69, 9.17) is 0 Å². The van der Waals surface area contributed by atoms with Crippen LogP contribution in [0.4, 0.5) is 4.79 Å². The number of nitrogens with zero attached hydrogens (tertiary/aromatic N) is 5. The van der Waals surface area contributed by atoms with Crippen LogP contribution in [0.25, 0.3) is 5.65 Å². The van der Waals surface area contributed by atoms with Crippen LogP contribution in [0.1, 0.15) is 40.5 Å². The molecule has 1 fully saturated rings. The molecule has 0 aliphatic carbocycles. The summed E-state index contributed by atoms with van der Waals surface area (Å²) in [5.41, 5.74) is 2.50. The molecule has 0 saturated carbocycles. The Morgan fingerprint density at radius 2 is 2.15 bits per heavy atom. The van der Waals surface area contributed by atoms with Crippen LogP contribution in [0.3, 0.4) is 0 Å². The zero-order valence-corrected chi connectivity index (χ0v) is 15.2. The fourth-order valence-corrected chi connectivity index (χ4v) is 3.36. The number of fused-ring (bicyclic) bond motifs is 1. The maximum atomic E-state index is 12.6. The second-order valence-corrected chi connectivity index (χ2v) is 6.78. The van der Waals surface area contributed by atoms with E-state index in [1.807, 2.05) is 20.2 Å². The number of carbonyl (C=O) groups is 2. The van der Waals surface area contributed by atoms with Gasteiger partial charge >= 0.3 is 6.09 Å². The Balaban J connectivity index is 2.00. The number of piperidine rings is 1. The van der Waals surface area contributed by atoms with Crippen LogP contribution in [0, 0.1) is 6.92 Å². The van der Waals surface area contributed by atoms with E-state index in [2.05, 4.69) is 10.1 Å². The molecule has 1 aliphatic rings. The SMILES string of the molecule is Cc1nn2c(C3CCCN(C(=O)O)C3)ccnc2c1C(=O)C=CN(C)C. The highest BCUT2D eigenvalue weighted by Crippen LogP contribution is 2.28. The summed E-state index contributed by atoms with van der Waals surface area (Å²) >= 11 is 0. The molecule has 1 atom stereocenters. The zero-order valence-electron chi connectivity index (χ0n) is 15.2. The lowest BCUT2D eigenvalue weighted by Crippen LogP contribution is -2.38. The molecule has 1 saturated heterocycles. The number of hydrogen-bond acceptors (Lipinski definition) is 5. The van der Waals surface area contributed by atoms with E-state index < -0.39 is 6.09 Å². The Hall–Kier alpha value is -2.90. The van der Waals surface area contributed by atoms with E-state index in [1.165, 1.54) is 11.0 Å². The van der Waals surface area contributed by atoms with Crippen molar-refractivity contribution in [1.29, 1.82) is 0 Å². The second-order valence-electron chi connectivity index (χ2n) is 6.78. The van der Waals surface area contributed by atoms with Gasteiger partial charge in [0.15, 0.2) is 11.4 Å². The molecule has 1 aliphatic heterocycles. The summed E-state index contributed by atoms with van der Waals surface area (Å²) in [5, 5.41) is 13.8. The third-order valence-corrected chi connectivity index (χ3v) is 4.60. The Morgan fingerprint density at radius 1 is 1.38 bits per heavy atom. The van der Waals surface area contributed by atoms with Crippen molar-refractivity contribution in [2.24, 2.45) is 0 Å². The zero-order chi connectivity index (χ0) is 18.8. The topological polar surface area (TPSA) is 91.0 Å².